The van der Waals surface area contributed by atoms with Crippen LogP contribution in [0, 0.1) is 11.3 Å². The van der Waals surface area contributed by atoms with Gasteiger partial charge < -0.3 is 4.74 Å². The van der Waals surface area contributed by atoms with Crippen LogP contribution in [0.2, 0.25) is 0 Å². The smallest absolute Gasteiger partial charge is 0.303 e. The third-order valence-electron chi connectivity index (χ3n) is 2.71. The van der Waals surface area contributed by atoms with Gasteiger partial charge in [0.1, 0.15) is 0 Å². The minimum atomic E-state index is -0.545. The molecule has 0 saturated heterocycles. The van der Waals surface area contributed by atoms with Crippen LogP contribution in [0.15, 0.2) is 0 Å². The molecule has 0 heterocycles. The predicted molar refractivity (Wildman–Crippen MR) is 52.7 cm³/mol. The van der Waals surface area contributed by atoms with E-state index in [1.807, 2.05) is 13.8 Å². The zero-order chi connectivity index (χ0) is 10.9. The SMILES string of the molecule is CC(=O)O[C@@H]1C(=O)C[C@H](C)CC1(C)C. The van der Waals surface area contributed by atoms with Gasteiger partial charge in [0.05, 0.1) is 0 Å². The van der Waals surface area contributed by atoms with E-state index >= 15 is 0 Å². The van der Waals surface area contributed by atoms with Gasteiger partial charge in [-0.2, -0.15) is 0 Å². The molecular weight excluding hydrogens is 180 g/mol. The van der Waals surface area contributed by atoms with Crippen molar-refractivity contribution < 1.29 is 14.3 Å². The molecule has 1 aliphatic rings. The largest absolute Gasteiger partial charge is 0.454 e. The molecule has 1 aliphatic carbocycles. The summed E-state index contributed by atoms with van der Waals surface area (Å²) in [4.78, 5) is 22.5. The Kier molecular flexibility index (Phi) is 2.98. The molecule has 0 unspecified atom stereocenters. The standard InChI is InChI=1S/C11H18O3/c1-7-5-9(13)10(14-8(2)12)11(3,4)6-7/h7,10H,5-6H2,1-4H3/t7-,10+/m0/s1. The molecule has 0 aromatic rings. The first-order valence-corrected chi connectivity index (χ1v) is 5.03. The lowest BCUT2D eigenvalue weighted by Crippen LogP contribution is -2.45. The topological polar surface area (TPSA) is 43.4 Å². The predicted octanol–water partition coefficient (Wildman–Crippen LogP) is 1.94. The zero-order valence-electron chi connectivity index (χ0n) is 9.29. The summed E-state index contributed by atoms with van der Waals surface area (Å²) in [6, 6.07) is 0. The van der Waals surface area contributed by atoms with E-state index in [1.54, 1.807) is 0 Å². The first-order chi connectivity index (χ1) is 6.33. The summed E-state index contributed by atoms with van der Waals surface area (Å²) in [5.41, 5.74) is -0.222. The molecule has 0 aliphatic heterocycles. The van der Waals surface area contributed by atoms with Gasteiger partial charge in [-0.15, -0.1) is 0 Å². The molecule has 3 heteroatoms. The van der Waals surface area contributed by atoms with Crippen molar-refractivity contribution in [3.63, 3.8) is 0 Å². The lowest BCUT2D eigenvalue weighted by atomic mass is 9.70. The van der Waals surface area contributed by atoms with Gasteiger partial charge in [0, 0.05) is 18.8 Å². The van der Waals surface area contributed by atoms with Gasteiger partial charge in [-0.1, -0.05) is 20.8 Å². The Morgan fingerprint density at radius 3 is 2.50 bits per heavy atom. The molecule has 80 valence electrons. The summed E-state index contributed by atoms with van der Waals surface area (Å²) in [6.07, 6.45) is 0.911. The normalized spacial score (nSPS) is 31.3. The maximum absolute atomic E-state index is 11.7. The van der Waals surface area contributed by atoms with Crippen LogP contribution in [0.4, 0.5) is 0 Å². The Balaban J connectivity index is 2.80. The van der Waals surface area contributed by atoms with Gasteiger partial charge in [-0.05, 0) is 12.3 Å². The maximum atomic E-state index is 11.7. The van der Waals surface area contributed by atoms with Crippen molar-refractivity contribution in [2.24, 2.45) is 11.3 Å². The van der Waals surface area contributed by atoms with Crippen molar-refractivity contribution in [3.05, 3.63) is 0 Å². The number of rotatable bonds is 1. The molecule has 0 bridgehead atoms. The van der Waals surface area contributed by atoms with Gasteiger partial charge >= 0.3 is 5.97 Å². The van der Waals surface area contributed by atoms with Crippen LogP contribution in [0.3, 0.4) is 0 Å². The molecule has 1 saturated carbocycles. The number of Topliss-reactive ketones (excluding diaryl/α,β-unsaturated/α-hetero) is 1. The molecule has 3 nitrogen and oxygen atoms in total. The molecular formula is C11H18O3. The third kappa shape index (κ3) is 2.34. The second kappa shape index (κ2) is 3.71. The van der Waals surface area contributed by atoms with Crippen molar-refractivity contribution in [2.45, 2.75) is 46.6 Å². The van der Waals surface area contributed by atoms with E-state index in [4.69, 9.17) is 4.74 Å². The van der Waals surface area contributed by atoms with Crippen molar-refractivity contribution in [1.29, 1.82) is 0 Å². The number of ether oxygens (including phenoxy) is 1. The van der Waals surface area contributed by atoms with Gasteiger partial charge in [-0.3, -0.25) is 9.59 Å². The highest BCUT2D eigenvalue weighted by atomic mass is 16.5. The van der Waals surface area contributed by atoms with Crippen LogP contribution in [-0.2, 0) is 14.3 Å². The number of hydrogen-bond acceptors (Lipinski definition) is 3. The summed E-state index contributed by atoms with van der Waals surface area (Å²) in [6.45, 7) is 7.37. The molecule has 0 aromatic carbocycles. The highest BCUT2D eigenvalue weighted by Crippen LogP contribution is 2.38. The van der Waals surface area contributed by atoms with E-state index in [2.05, 4.69) is 6.92 Å². The number of hydrogen-bond donors (Lipinski definition) is 0. The summed E-state index contributed by atoms with van der Waals surface area (Å²) in [5.74, 6) is 0.0826. The lowest BCUT2D eigenvalue weighted by Gasteiger charge is -2.39. The van der Waals surface area contributed by atoms with Crippen LogP contribution in [-0.4, -0.2) is 17.9 Å². The highest BCUT2D eigenvalue weighted by molar-refractivity contribution is 5.87. The molecule has 2 atom stereocenters. The molecule has 14 heavy (non-hydrogen) atoms. The van der Waals surface area contributed by atoms with E-state index in [1.165, 1.54) is 6.92 Å². The average molecular weight is 198 g/mol. The summed E-state index contributed by atoms with van der Waals surface area (Å²) < 4.78 is 5.08. The Morgan fingerprint density at radius 1 is 1.50 bits per heavy atom. The quantitative estimate of drug-likeness (QED) is 0.605. The fourth-order valence-corrected chi connectivity index (χ4v) is 2.35. The minimum absolute atomic E-state index is 0.0592. The van der Waals surface area contributed by atoms with Gasteiger partial charge in [0.15, 0.2) is 11.9 Å². The summed E-state index contributed by atoms with van der Waals surface area (Å²) in [5, 5.41) is 0. The molecule has 0 amide bonds. The van der Waals surface area contributed by atoms with Gasteiger partial charge in [-0.25, -0.2) is 0 Å². The van der Waals surface area contributed by atoms with Crippen molar-refractivity contribution in [1.82, 2.24) is 0 Å². The van der Waals surface area contributed by atoms with Crippen LogP contribution in [0.5, 0.6) is 0 Å². The van der Waals surface area contributed by atoms with Crippen LogP contribution < -0.4 is 0 Å². The Morgan fingerprint density at radius 2 is 2.07 bits per heavy atom. The van der Waals surface area contributed by atoms with Gasteiger partial charge in [0.2, 0.25) is 0 Å². The average Bonchev–Trinajstić information content (AvgIpc) is 1.95. The van der Waals surface area contributed by atoms with E-state index < -0.39 is 6.10 Å². The molecule has 0 spiro atoms. The second-order valence-corrected chi connectivity index (χ2v) is 4.96. The van der Waals surface area contributed by atoms with Gasteiger partial charge in [0.25, 0.3) is 0 Å². The van der Waals surface area contributed by atoms with E-state index in [0.29, 0.717) is 12.3 Å². The molecule has 0 radical (unpaired) electrons. The van der Waals surface area contributed by atoms with Crippen LogP contribution in [0.25, 0.3) is 0 Å². The first kappa shape index (κ1) is 11.2. The van der Waals surface area contributed by atoms with Crippen LogP contribution >= 0.6 is 0 Å². The van der Waals surface area contributed by atoms with Crippen molar-refractivity contribution in [3.8, 4) is 0 Å². The fourth-order valence-electron chi connectivity index (χ4n) is 2.35. The minimum Gasteiger partial charge on any atom is -0.454 e. The second-order valence-electron chi connectivity index (χ2n) is 4.96. The Hall–Kier alpha value is -0.860. The fraction of sp³-hybridized carbons (Fsp3) is 0.818. The number of carbonyl (C=O) groups is 2. The summed E-state index contributed by atoms with van der Waals surface area (Å²) in [7, 11) is 0. The van der Waals surface area contributed by atoms with E-state index in [9.17, 15) is 9.59 Å². The molecule has 1 fully saturated rings. The van der Waals surface area contributed by atoms with Crippen molar-refractivity contribution >= 4 is 11.8 Å². The van der Waals surface area contributed by atoms with E-state index in [0.717, 1.165) is 6.42 Å². The number of carbonyl (C=O) groups excluding carboxylic acids is 2. The zero-order valence-corrected chi connectivity index (χ0v) is 9.29. The van der Waals surface area contributed by atoms with E-state index in [-0.39, 0.29) is 17.2 Å². The third-order valence-corrected chi connectivity index (χ3v) is 2.71. The Labute approximate surface area is 84.8 Å². The first-order valence-electron chi connectivity index (χ1n) is 5.03. The molecule has 0 N–H and O–H groups in total. The maximum Gasteiger partial charge on any atom is 0.303 e. The monoisotopic (exact) mass is 198 g/mol. The van der Waals surface area contributed by atoms with Crippen molar-refractivity contribution in [2.75, 3.05) is 0 Å². The molecule has 1 rings (SSSR count). The molecule has 0 aromatic heterocycles. The lowest BCUT2D eigenvalue weighted by molar-refractivity contribution is -0.164. The number of esters is 1. The Bertz CT molecular complexity index is 255. The number of ketones is 1. The van der Waals surface area contributed by atoms with Crippen LogP contribution in [0.1, 0.15) is 40.5 Å². The highest BCUT2D eigenvalue weighted by Gasteiger charge is 2.43. The summed E-state index contributed by atoms with van der Waals surface area (Å²) >= 11 is 0.